The molecular weight excluding hydrogens is 446 g/mol. The van der Waals surface area contributed by atoms with Crippen LogP contribution in [0.4, 0.5) is 5.13 Å². The van der Waals surface area contributed by atoms with E-state index in [1.165, 1.54) is 15.6 Å². The fraction of sp³-hybridized carbons (Fsp3) is 0.227. The smallest absolute Gasteiger partial charge is 0.243 e. The van der Waals surface area contributed by atoms with Crippen molar-refractivity contribution in [2.45, 2.75) is 25.2 Å². The van der Waals surface area contributed by atoms with Crippen molar-refractivity contribution in [2.75, 3.05) is 18.4 Å². The van der Waals surface area contributed by atoms with Gasteiger partial charge in [0.05, 0.1) is 17.0 Å². The van der Waals surface area contributed by atoms with E-state index in [0.717, 1.165) is 22.3 Å². The second kappa shape index (κ2) is 9.19. The predicted octanol–water partition coefficient (Wildman–Crippen LogP) is 3.90. The number of aromatic nitrogens is 3. The Bertz CT molecular complexity index is 1360. The van der Waals surface area contributed by atoms with Gasteiger partial charge in [-0.3, -0.25) is 4.79 Å². The highest BCUT2D eigenvalue weighted by atomic mass is 32.2. The molecule has 3 aromatic heterocycles. The SMILES string of the molecule is CCN(CC)S(=O)(=O)c1cccc(CC(=O)Nc2nc(-c3c[nH]c4ncccc34)cs2)c1. The largest absolute Gasteiger partial charge is 0.345 e. The Kier molecular flexibility index (Phi) is 6.35. The quantitative estimate of drug-likeness (QED) is 0.407. The van der Waals surface area contributed by atoms with Crippen LogP contribution in [0.5, 0.6) is 0 Å². The van der Waals surface area contributed by atoms with Crippen LogP contribution in [-0.4, -0.2) is 46.7 Å². The fourth-order valence-electron chi connectivity index (χ4n) is 3.50. The summed E-state index contributed by atoms with van der Waals surface area (Å²) < 4.78 is 26.9. The molecule has 32 heavy (non-hydrogen) atoms. The number of anilines is 1. The van der Waals surface area contributed by atoms with Crippen molar-refractivity contribution >= 4 is 43.4 Å². The number of H-pyrrole nitrogens is 1. The van der Waals surface area contributed by atoms with Crippen LogP contribution in [-0.2, 0) is 21.2 Å². The zero-order valence-corrected chi connectivity index (χ0v) is 19.3. The van der Waals surface area contributed by atoms with Crippen LogP contribution < -0.4 is 5.32 Å². The number of nitrogens with one attached hydrogen (secondary N) is 2. The molecule has 0 bridgehead atoms. The van der Waals surface area contributed by atoms with Gasteiger partial charge < -0.3 is 10.3 Å². The van der Waals surface area contributed by atoms with Gasteiger partial charge in [-0.2, -0.15) is 4.31 Å². The number of fused-ring (bicyclic) bond motifs is 1. The van der Waals surface area contributed by atoms with Crippen LogP contribution in [0.1, 0.15) is 19.4 Å². The Balaban J connectivity index is 1.47. The average Bonchev–Trinajstić information content (AvgIpc) is 3.41. The number of rotatable bonds is 8. The molecule has 0 unspecified atom stereocenters. The maximum atomic E-state index is 12.7. The van der Waals surface area contributed by atoms with E-state index in [-0.39, 0.29) is 17.2 Å². The van der Waals surface area contributed by atoms with Crippen molar-refractivity contribution in [3.63, 3.8) is 0 Å². The van der Waals surface area contributed by atoms with Crippen LogP contribution in [0, 0.1) is 0 Å². The van der Waals surface area contributed by atoms with E-state index in [4.69, 9.17) is 0 Å². The molecule has 0 aliphatic rings. The van der Waals surface area contributed by atoms with Crippen LogP contribution in [0.25, 0.3) is 22.3 Å². The Morgan fingerprint density at radius 2 is 2.00 bits per heavy atom. The first-order valence-corrected chi connectivity index (χ1v) is 12.5. The van der Waals surface area contributed by atoms with Crippen LogP contribution >= 0.6 is 11.3 Å². The third-order valence-electron chi connectivity index (χ3n) is 5.08. The lowest BCUT2D eigenvalue weighted by atomic mass is 10.1. The van der Waals surface area contributed by atoms with Gasteiger partial charge in [0.25, 0.3) is 0 Å². The van der Waals surface area contributed by atoms with Crippen molar-refractivity contribution in [2.24, 2.45) is 0 Å². The zero-order chi connectivity index (χ0) is 22.7. The van der Waals surface area contributed by atoms with Crippen LogP contribution in [0.2, 0.25) is 0 Å². The second-order valence-electron chi connectivity index (χ2n) is 7.10. The highest BCUT2D eigenvalue weighted by Crippen LogP contribution is 2.30. The molecule has 0 radical (unpaired) electrons. The maximum Gasteiger partial charge on any atom is 0.243 e. The molecule has 10 heteroatoms. The molecule has 0 saturated carbocycles. The molecule has 3 heterocycles. The Morgan fingerprint density at radius 1 is 1.19 bits per heavy atom. The Hall–Kier alpha value is -3.08. The Morgan fingerprint density at radius 3 is 2.78 bits per heavy atom. The lowest BCUT2D eigenvalue weighted by molar-refractivity contribution is -0.115. The number of hydrogen-bond donors (Lipinski definition) is 2. The average molecular weight is 470 g/mol. The molecule has 1 aromatic carbocycles. The molecule has 0 saturated heterocycles. The van der Waals surface area contributed by atoms with Crippen molar-refractivity contribution in [3.05, 3.63) is 59.7 Å². The van der Waals surface area contributed by atoms with Crippen molar-refractivity contribution in [1.82, 2.24) is 19.3 Å². The molecule has 0 atom stereocenters. The minimum absolute atomic E-state index is 0.0491. The van der Waals surface area contributed by atoms with Gasteiger partial charge in [-0.05, 0) is 29.8 Å². The van der Waals surface area contributed by atoms with Gasteiger partial charge in [-0.1, -0.05) is 26.0 Å². The van der Waals surface area contributed by atoms with Gasteiger partial charge in [-0.15, -0.1) is 11.3 Å². The molecule has 0 fully saturated rings. The van der Waals surface area contributed by atoms with Crippen LogP contribution in [0.15, 0.2) is 59.1 Å². The standard InChI is InChI=1S/C22H23N5O3S2/c1-3-27(4-2)32(29,30)16-8-5-7-15(11-16)12-20(28)26-22-25-19(14-31-22)18-13-24-21-17(18)9-6-10-23-21/h5-11,13-14H,3-4,12H2,1-2H3,(H,23,24)(H,25,26,28). The molecule has 1 amide bonds. The van der Waals surface area contributed by atoms with E-state index in [9.17, 15) is 13.2 Å². The molecule has 2 N–H and O–H groups in total. The normalized spacial score (nSPS) is 11.8. The van der Waals surface area contributed by atoms with Gasteiger partial charge in [-0.25, -0.2) is 18.4 Å². The molecule has 0 spiro atoms. The van der Waals surface area contributed by atoms with E-state index in [2.05, 4.69) is 20.3 Å². The van der Waals surface area contributed by atoms with Crippen molar-refractivity contribution in [1.29, 1.82) is 0 Å². The second-order valence-corrected chi connectivity index (χ2v) is 9.90. The summed E-state index contributed by atoms with van der Waals surface area (Å²) >= 11 is 1.33. The number of benzene rings is 1. The lowest BCUT2D eigenvalue weighted by Gasteiger charge is -2.18. The first kappa shape index (κ1) is 22.1. The third-order valence-corrected chi connectivity index (χ3v) is 7.89. The first-order valence-electron chi connectivity index (χ1n) is 10.2. The number of aromatic amines is 1. The first-order chi connectivity index (χ1) is 15.4. The van der Waals surface area contributed by atoms with Gasteiger partial charge >= 0.3 is 0 Å². The molecule has 8 nitrogen and oxygen atoms in total. The fourth-order valence-corrected chi connectivity index (χ4v) is 5.76. The summed E-state index contributed by atoms with van der Waals surface area (Å²) in [6.45, 7) is 4.38. The highest BCUT2D eigenvalue weighted by Gasteiger charge is 2.22. The number of sulfonamides is 1. The predicted molar refractivity (Wildman–Crippen MR) is 126 cm³/mol. The monoisotopic (exact) mass is 469 g/mol. The number of thiazole rings is 1. The number of carbonyl (C=O) groups excluding carboxylic acids is 1. The van der Waals surface area contributed by atoms with Gasteiger partial charge in [0, 0.05) is 41.8 Å². The third kappa shape index (κ3) is 4.43. The van der Waals surface area contributed by atoms with E-state index in [1.807, 2.05) is 23.7 Å². The molecule has 166 valence electrons. The van der Waals surface area contributed by atoms with E-state index in [0.29, 0.717) is 23.8 Å². The minimum atomic E-state index is -3.57. The number of amides is 1. The number of carbonyl (C=O) groups is 1. The molecule has 0 aliphatic carbocycles. The van der Waals surface area contributed by atoms with Crippen molar-refractivity contribution in [3.8, 4) is 11.3 Å². The zero-order valence-electron chi connectivity index (χ0n) is 17.7. The summed E-state index contributed by atoms with van der Waals surface area (Å²) in [5.74, 6) is -0.260. The van der Waals surface area contributed by atoms with Crippen molar-refractivity contribution < 1.29 is 13.2 Å². The Labute approximate surface area is 190 Å². The summed E-state index contributed by atoms with van der Waals surface area (Å²) in [5, 5.41) is 6.13. The molecule has 4 rings (SSSR count). The van der Waals surface area contributed by atoms with E-state index >= 15 is 0 Å². The van der Waals surface area contributed by atoms with Gasteiger partial charge in [0.1, 0.15) is 5.65 Å². The summed E-state index contributed by atoms with van der Waals surface area (Å²) in [6, 6.07) is 10.3. The number of hydrogen-bond acceptors (Lipinski definition) is 6. The topological polar surface area (TPSA) is 108 Å². The summed E-state index contributed by atoms with van der Waals surface area (Å²) in [5.41, 5.74) is 3.06. The summed E-state index contributed by atoms with van der Waals surface area (Å²) in [7, 11) is -3.57. The summed E-state index contributed by atoms with van der Waals surface area (Å²) in [6.07, 6.45) is 3.62. The summed E-state index contributed by atoms with van der Waals surface area (Å²) in [4.78, 5) is 24.7. The van der Waals surface area contributed by atoms with Gasteiger partial charge in [0.15, 0.2) is 5.13 Å². The number of nitrogens with zero attached hydrogens (tertiary/aromatic N) is 3. The minimum Gasteiger partial charge on any atom is -0.345 e. The van der Waals surface area contributed by atoms with Gasteiger partial charge in [0.2, 0.25) is 15.9 Å². The van der Waals surface area contributed by atoms with Crippen LogP contribution in [0.3, 0.4) is 0 Å². The number of pyridine rings is 1. The highest BCUT2D eigenvalue weighted by molar-refractivity contribution is 7.89. The molecular formula is C22H23N5O3S2. The van der Waals surface area contributed by atoms with E-state index < -0.39 is 10.0 Å². The van der Waals surface area contributed by atoms with E-state index in [1.54, 1.807) is 44.3 Å². The lowest BCUT2D eigenvalue weighted by Crippen LogP contribution is -2.30. The maximum absolute atomic E-state index is 12.7. The molecule has 4 aromatic rings. The molecule has 0 aliphatic heterocycles.